The van der Waals surface area contributed by atoms with Gasteiger partial charge in [0, 0.05) is 10.6 Å². The topological polar surface area (TPSA) is 69.6 Å². The van der Waals surface area contributed by atoms with Gasteiger partial charge < -0.3 is 5.11 Å². The zero-order valence-corrected chi connectivity index (χ0v) is 15.7. The van der Waals surface area contributed by atoms with Crippen LogP contribution in [0.4, 0.5) is 5.69 Å². The lowest BCUT2D eigenvalue weighted by Gasteiger charge is -2.29. The van der Waals surface area contributed by atoms with Crippen molar-refractivity contribution in [3.8, 4) is 5.75 Å². The number of carbonyl (C=O) groups is 2. The molecule has 3 rings (SSSR count). The van der Waals surface area contributed by atoms with Crippen molar-refractivity contribution in [2.45, 2.75) is 6.42 Å². The lowest BCUT2D eigenvalue weighted by Crippen LogP contribution is -2.54. The summed E-state index contributed by atoms with van der Waals surface area (Å²) in [5.74, 6) is -1.08. The molecule has 0 aromatic heterocycles. The molecule has 2 aromatic rings. The summed E-state index contributed by atoms with van der Waals surface area (Å²) in [6.07, 6.45) is 3.47. The highest BCUT2D eigenvalue weighted by Crippen LogP contribution is 2.27. The number of rotatable bonds is 4. The molecule has 0 atom stereocenters. The second-order valence-corrected chi connectivity index (χ2v) is 6.60. The first-order chi connectivity index (χ1) is 12.9. The summed E-state index contributed by atoms with van der Waals surface area (Å²) in [6.45, 7) is 3.67. The van der Waals surface area contributed by atoms with Gasteiger partial charge in [0.2, 0.25) is 0 Å². The van der Waals surface area contributed by atoms with Crippen molar-refractivity contribution in [2.75, 3.05) is 4.90 Å². The number of carbonyl (C=O) groups excluding carboxylic acids is 2. The lowest BCUT2D eigenvalue weighted by atomic mass is 9.99. The molecule has 1 fully saturated rings. The molecule has 2 aromatic carbocycles. The van der Waals surface area contributed by atoms with E-state index >= 15 is 0 Å². The maximum atomic E-state index is 13.0. The van der Waals surface area contributed by atoms with E-state index in [-0.39, 0.29) is 16.4 Å². The Kier molecular flexibility index (Phi) is 5.39. The largest absolute Gasteiger partial charge is 0.508 e. The van der Waals surface area contributed by atoms with Crippen LogP contribution in [0.2, 0.25) is 5.02 Å². The second kappa shape index (κ2) is 7.73. The van der Waals surface area contributed by atoms with Gasteiger partial charge in [0.25, 0.3) is 11.8 Å². The maximum absolute atomic E-state index is 13.0. The number of anilines is 1. The zero-order valence-electron chi connectivity index (χ0n) is 14.1. The van der Waals surface area contributed by atoms with Gasteiger partial charge in [-0.2, -0.15) is 0 Å². The van der Waals surface area contributed by atoms with Crippen LogP contribution in [0.5, 0.6) is 5.75 Å². The molecule has 5 nitrogen and oxygen atoms in total. The summed E-state index contributed by atoms with van der Waals surface area (Å²) in [4.78, 5) is 26.6. The molecule has 0 bridgehead atoms. The number of thiocarbonyl (C=S) groups is 1. The molecular weight excluding hydrogens is 384 g/mol. The van der Waals surface area contributed by atoms with Crippen molar-refractivity contribution in [3.05, 3.63) is 76.8 Å². The molecule has 7 heteroatoms. The van der Waals surface area contributed by atoms with E-state index < -0.39 is 11.8 Å². The number of hydrogen-bond donors (Lipinski definition) is 2. The number of amides is 2. The predicted molar refractivity (Wildman–Crippen MR) is 110 cm³/mol. The number of nitrogens with one attached hydrogen (secondary N) is 1. The van der Waals surface area contributed by atoms with Gasteiger partial charge >= 0.3 is 0 Å². The minimum Gasteiger partial charge on any atom is -0.508 e. The van der Waals surface area contributed by atoms with Crippen molar-refractivity contribution in [3.63, 3.8) is 0 Å². The minimum atomic E-state index is -0.594. The molecule has 0 saturated carbocycles. The fourth-order valence-electron chi connectivity index (χ4n) is 2.73. The van der Waals surface area contributed by atoms with E-state index in [4.69, 9.17) is 23.8 Å². The van der Waals surface area contributed by atoms with E-state index in [0.29, 0.717) is 28.3 Å². The number of halogens is 1. The average Bonchev–Trinajstić information content (AvgIpc) is 2.62. The third kappa shape index (κ3) is 3.77. The van der Waals surface area contributed by atoms with E-state index in [2.05, 4.69) is 11.9 Å². The predicted octanol–water partition coefficient (Wildman–Crippen LogP) is 3.61. The standard InChI is InChI=1S/C20H15ClN2O3S/c1-2-4-15-12(5-3-6-17(15)24)11-16-18(25)22-20(27)23(19(16)26)14-9-7-13(21)8-10-14/h2-3,5-11,24H,1,4H2,(H,22,25,27). The van der Waals surface area contributed by atoms with Crippen molar-refractivity contribution >= 4 is 52.5 Å². The van der Waals surface area contributed by atoms with Crippen LogP contribution in [0.25, 0.3) is 6.08 Å². The highest BCUT2D eigenvalue weighted by Gasteiger charge is 2.34. The zero-order chi connectivity index (χ0) is 19.6. The van der Waals surface area contributed by atoms with Gasteiger partial charge in [-0.15, -0.1) is 6.58 Å². The Bertz CT molecular complexity index is 983. The number of nitrogens with zero attached hydrogens (tertiary/aromatic N) is 1. The van der Waals surface area contributed by atoms with Gasteiger partial charge in [0.15, 0.2) is 5.11 Å². The van der Waals surface area contributed by atoms with Crippen molar-refractivity contribution < 1.29 is 14.7 Å². The molecule has 27 heavy (non-hydrogen) atoms. The van der Waals surface area contributed by atoms with Gasteiger partial charge in [0.1, 0.15) is 11.3 Å². The fraction of sp³-hybridized carbons (Fsp3) is 0.0500. The molecule has 1 heterocycles. The molecule has 1 aliphatic heterocycles. The van der Waals surface area contributed by atoms with Crippen LogP contribution in [-0.2, 0) is 16.0 Å². The van der Waals surface area contributed by atoms with E-state index in [9.17, 15) is 14.7 Å². The van der Waals surface area contributed by atoms with Gasteiger partial charge in [-0.3, -0.25) is 19.8 Å². The molecule has 2 N–H and O–H groups in total. The van der Waals surface area contributed by atoms with Crippen LogP contribution < -0.4 is 10.2 Å². The number of phenolic OH excluding ortho intramolecular Hbond substituents is 1. The summed E-state index contributed by atoms with van der Waals surface area (Å²) in [6, 6.07) is 11.4. The van der Waals surface area contributed by atoms with E-state index in [1.54, 1.807) is 48.5 Å². The van der Waals surface area contributed by atoms with Crippen molar-refractivity contribution in [1.82, 2.24) is 5.32 Å². The Morgan fingerprint density at radius 3 is 2.56 bits per heavy atom. The summed E-state index contributed by atoms with van der Waals surface area (Å²) in [5.41, 5.74) is 1.53. The monoisotopic (exact) mass is 398 g/mol. The molecule has 0 aliphatic carbocycles. The molecule has 1 saturated heterocycles. The molecular formula is C20H15ClN2O3S. The Morgan fingerprint density at radius 2 is 1.89 bits per heavy atom. The summed E-state index contributed by atoms with van der Waals surface area (Å²) in [5, 5.41) is 13.1. The van der Waals surface area contributed by atoms with Crippen LogP contribution in [0.15, 0.2) is 60.7 Å². The lowest BCUT2D eigenvalue weighted by molar-refractivity contribution is -0.122. The summed E-state index contributed by atoms with van der Waals surface area (Å²) < 4.78 is 0. The SMILES string of the molecule is C=CCc1c(O)cccc1C=C1C(=O)NC(=S)N(c2ccc(Cl)cc2)C1=O. The Hall–Kier alpha value is -2.96. The van der Waals surface area contributed by atoms with Crippen LogP contribution in [0.1, 0.15) is 11.1 Å². The van der Waals surface area contributed by atoms with Crippen LogP contribution in [-0.4, -0.2) is 22.0 Å². The highest BCUT2D eigenvalue weighted by molar-refractivity contribution is 7.80. The first-order valence-electron chi connectivity index (χ1n) is 8.01. The Morgan fingerprint density at radius 1 is 1.19 bits per heavy atom. The van der Waals surface area contributed by atoms with Gasteiger partial charge in [-0.05, 0) is 60.6 Å². The molecule has 0 spiro atoms. The molecule has 0 unspecified atom stereocenters. The third-order valence-electron chi connectivity index (χ3n) is 4.02. The second-order valence-electron chi connectivity index (χ2n) is 5.77. The van der Waals surface area contributed by atoms with Crippen LogP contribution in [0, 0.1) is 0 Å². The van der Waals surface area contributed by atoms with Gasteiger partial charge in [-0.25, -0.2) is 0 Å². The summed E-state index contributed by atoms with van der Waals surface area (Å²) >= 11 is 11.1. The Labute approximate surface area is 166 Å². The highest BCUT2D eigenvalue weighted by atomic mass is 35.5. The van der Waals surface area contributed by atoms with Crippen LogP contribution >= 0.6 is 23.8 Å². The molecule has 136 valence electrons. The van der Waals surface area contributed by atoms with Gasteiger partial charge in [0.05, 0.1) is 5.69 Å². The average molecular weight is 399 g/mol. The third-order valence-corrected chi connectivity index (χ3v) is 4.56. The fourth-order valence-corrected chi connectivity index (χ4v) is 3.14. The van der Waals surface area contributed by atoms with Gasteiger partial charge in [-0.1, -0.05) is 29.8 Å². The molecule has 1 aliphatic rings. The quantitative estimate of drug-likeness (QED) is 0.357. The van der Waals surface area contributed by atoms with E-state index in [1.165, 1.54) is 11.0 Å². The number of benzene rings is 2. The number of allylic oxidation sites excluding steroid dienone is 1. The first kappa shape index (κ1) is 18.8. The maximum Gasteiger partial charge on any atom is 0.270 e. The van der Waals surface area contributed by atoms with E-state index in [1.807, 2.05) is 0 Å². The summed E-state index contributed by atoms with van der Waals surface area (Å²) in [7, 11) is 0. The number of phenols is 1. The van der Waals surface area contributed by atoms with Crippen LogP contribution in [0.3, 0.4) is 0 Å². The minimum absolute atomic E-state index is 0.00769. The molecule has 0 radical (unpaired) electrons. The van der Waals surface area contributed by atoms with Crippen molar-refractivity contribution in [1.29, 1.82) is 0 Å². The normalized spacial score (nSPS) is 15.8. The number of aromatic hydroxyl groups is 1. The van der Waals surface area contributed by atoms with E-state index in [0.717, 1.165) is 0 Å². The Balaban J connectivity index is 2.06. The first-order valence-corrected chi connectivity index (χ1v) is 8.79. The number of hydrogen-bond acceptors (Lipinski definition) is 4. The smallest absolute Gasteiger partial charge is 0.270 e. The molecule has 2 amide bonds. The van der Waals surface area contributed by atoms with Crippen molar-refractivity contribution in [2.24, 2.45) is 0 Å².